The number of unbranched alkanes of at least 4 members (excludes halogenated alkanes) is 1. The third-order valence-corrected chi connectivity index (χ3v) is 5.23. The molecule has 0 spiro atoms. The molecule has 3 nitrogen and oxygen atoms in total. The molecule has 0 fully saturated rings. The van der Waals surface area contributed by atoms with Gasteiger partial charge in [0.1, 0.15) is 0 Å². The monoisotopic (exact) mass is 454 g/mol. The Bertz CT molecular complexity index is 1030. The molecule has 0 heterocycles. The van der Waals surface area contributed by atoms with E-state index in [2.05, 4.69) is 37.1 Å². The quantitative estimate of drug-likeness (QED) is 0.428. The Kier molecular flexibility index (Phi) is 8.98. The molecule has 0 aliphatic heterocycles. The molecule has 0 aliphatic carbocycles. The minimum atomic E-state index is -0.920. The van der Waals surface area contributed by atoms with Crippen LogP contribution < -0.4 is 5.32 Å². The second-order valence-electron chi connectivity index (χ2n) is 9.61. The number of hydrogen-bond acceptors (Lipinski definition) is 2. The molecule has 0 atom stereocenters. The van der Waals surface area contributed by atoms with Gasteiger partial charge in [-0.3, -0.25) is 4.79 Å². The van der Waals surface area contributed by atoms with Crippen LogP contribution in [0.25, 0.3) is 16.8 Å². The molecule has 2 aromatic carbocycles. The van der Waals surface area contributed by atoms with E-state index in [-0.39, 0.29) is 11.9 Å². The predicted molar refractivity (Wildman–Crippen MR) is 134 cm³/mol. The molecule has 0 saturated carbocycles. The Morgan fingerprint density at radius 3 is 2.27 bits per heavy atom. The summed E-state index contributed by atoms with van der Waals surface area (Å²) < 4.78 is 27.5. The van der Waals surface area contributed by atoms with Gasteiger partial charge in [-0.05, 0) is 94.1 Å². The maximum atomic E-state index is 14.0. The summed E-state index contributed by atoms with van der Waals surface area (Å²) in [4.78, 5) is 15.2. The fraction of sp³-hybridized carbons (Fsp3) is 0.393. The molecule has 5 heteroatoms. The van der Waals surface area contributed by atoms with E-state index in [1.165, 1.54) is 6.07 Å². The lowest BCUT2D eigenvalue weighted by atomic mass is 9.96. The molecule has 0 saturated heterocycles. The number of benzene rings is 2. The summed E-state index contributed by atoms with van der Waals surface area (Å²) in [5.74, 6) is -2.04. The number of carbonyl (C=O) groups excluding carboxylic acids is 1. The highest BCUT2D eigenvalue weighted by molar-refractivity contribution is 5.97. The predicted octanol–water partition coefficient (Wildman–Crippen LogP) is 7.20. The lowest BCUT2D eigenvalue weighted by molar-refractivity contribution is 0.0919. The summed E-state index contributed by atoms with van der Waals surface area (Å²) in [6.45, 7) is 12.1. The van der Waals surface area contributed by atoms with E-state index >= 15 is 0 Å². The molecule has 2 rings (SSSR count). The van der Waals surface area contributed by atoms with Crippen LogP contribution >= 0.6 is 0 Å². The summed E-state index contributed by atoms with van der Waals surface area (Å²) in [6, 6.07) is 9.50. The second-order valence-corrected chi connectivity index (χ2v) is 9.61. The van der Waals surface area contributed by atoms with Crippen molar-refractivity contribution in [2.75, 3.05) is 7.05 Å². The number of carbonyl (C=O) groups is 1. The van der Waals surface area contributed by atoms with Crippen LogP contribution in [0.1, 0.15) is 70.3 Å². The number of nitrogens with one attached hydrogen (secondary N) is 1. The van der Waals surface area contributed by atoms with Gasteiger partial charge in [-0.25, -0.2) is 8.78 Å². The highest BCUT2D eigenvalue weighted by Gasteiger charge is 2.19. The van der Waals surface area contributed by atoms with E-state index in [4.69, 9.17) is 0 Å². The van der Waals surface area contributed by atoms with Crippen LogP contribution in [-0.4, -0.2) is 29.4 Å². The molecular weight excluding hydrogens is 418 g/mol. The second kappa shape index (κ2) is 11.3. The van der Waals surface area contributed by atoms with Crippen molar-refractivity contribution in [1.82, 2.24) is 10.2 Å². The number of allylic oxidation sites excluding steroid dienone is 3. The Hall–Kier alpha value is -2.95. The van der Waals surface area contributed by atoms with E-state index < -0.39 is 17.2 Å². The molecule has 0 radical (unpaired) electrons. The van der Waals surface area contributed by atoms with Crippen LogP contribution in [0.3, 0.4) is 0 Å². The van der Waals surface area contributed by atoms with Gasteiger partial charge in [0.25, 0.3) is 5.91 Å². The van der Waals surface area contributed by atoms with Gasteiger partial charge in [-0.15, -0.1) is 0 Å². The van der Waals surface area contributed by atoms with Crippen LogP contribution in [0.2, 0.25) is 0 Å². The lowest BCUT2D eigenvalue weighted by Crippen LogP contribution is -2.40. The van der Waals surface area contributed by atoms with Crippen LogP contribution in [-0.2, 0) is 0 Å². The summed E-state index contributed by atoms with van der Waals surface area (Å²) in [5, 5.41) is 2.99. The van der Waals surface area contributed by atoms with E-state index in [9.17, 15) is 13.6 Å². The highest BCUT2D eigenvalue weighted by atomic mass is 19.2. The van der Waals surface area contributed by atoms with Gasteiger partial charge in [0, 0.05) is 29.9 Å². The third kappa shape index (κ3) is 7.55. The fourth-order valence-electron chi connectivity index (χ4n) is 3.28. The smallest absolute Gasteiger partial charge is 0.251 e. The number of hydrogen-bond donors (Lipinski definition) is 1. The first-order valence-electron chi connectivity index (χ1n) is 11.5. The molecule has 0 aliphatic rings. The highest BCUT2D eigenvalue weighted by Crippen LogP contribution is 2.29. The van der Waals surface area contributed by atoms with Gasteiger partial charge in [-0.1, -0.05) is 31.6 Å². The Morgan fingerprint density at radius 2 is 1.70 bits per heavy atom. The SMILES string of the molecule is CCC/C=C\C=C(\c1cc(C(=O)NC(C)(C)C)cc(-c2ccc(F)c(F)c2)c1)N(C)C(C)C. The molecular formula is C28H36F2N2O. The molecule has 1 N–H and O–H groups in total. The molecule has 178 valence electrons. The zero-order valence-corrected chi connectivity index (χ0v) is 20.8. The van der Waals surface area contributed by atoms with Gasteiger partial charge < -0.3 is 10.2 Å². The van der Waals surface area contributed by atoms with Crippen LogP contribution in [0, 0.1) is 11.6 Å². The number of halogens is 2. The van der Waals surface area contributed by atoms with E-state index in [1.54, 1.807) is 6.07 Å². The minimum absolute atomic E-state index is 0.217. The first-order valence-corrected chi connectivity index (χ1v) is 11.5. The largest absolute Gasteiger partial charge is 0.372 e. The molecule has 0 unspecified atom stereocenters. The third-order valence-electron chi connectivity index (χ3n) is 5.23. The zero-order valence-electron chi connectivity index (χ0n) is 20.8. The van der Waals surface area contributed by atoms with Crippen molar-refractivity contribution < 1.29 is 13.6 Å². The minimum Gasteiger partial charge on any atom is -0.372 e. The van der Waals surface area contributed by atoms with E-state index in [0.717, 1.165) is 36.2 Å². The van der Waals surface area contributed by atoms with Crippen molar-refractivity contribution in [1.29, 1.82) is 0 Å². The number of rotatable bonds is 8. The summed E-state index contributed by atoms with van der Waals surface area (Å²) >= 11 is 0. The van der Waals surface area contributed by atoms with Crippen molar-refractivity contribution >= 4 is 11.6 Å². The van der Waals surface area contributed by atoms with Crippen LogP contribution in [0.15, 0.2) is 54.6 Å². The average Bonchev–Trinajstić information content (AvgIpc) is 2.73. The Morgan fingerprint density at radius 1 is 1.03 bits per heavy atom. The van der Waals surface area contributed by atoms with Crippen molar-refractivity contribution in [2.45, 2.75) is 66.0 Å². The van der Waals surface area contributed by atoms with Crippen molar-refractivity contribution in [2.24, 2.45) is 0 Å². The first kappa shape index (κ1) is 26.3. The molecule has 2 aromatic rings. The van der Waals surface area contributed by atoms with Gasteiger partial charge in [0.15, 0.2) is 11.6 Å². The maximum Gasteiger partial charge on any atom is 0.251 e. The van der Waals surface area contributed by atoms with Crippen LogP contribution in [0.5, 0.6) is 0 Å². The molecule has 33 heavy (non-hydrogen) atoms. The Balaban J connectivity index is 2.70. The molecule has 0 bridgehead atoms. The van der Waals surface area contributed by atoms with Gasteiger partial charge >= 0.3 is 0 Å². The fourth-order valence-corrected chi connectivity index (χ4v) is 3.28. The number of amides is 1. The van der Waals surface area contributed by atoms with E-state index in [0.29, 0.717) is 16.7 Å². The molecule has 0 aromatic heterocycles. The van der Waals surface area contributed by atoms with Crippen molar-refractivity contribution in [3.05, 3.63) is 77.4 Å². The van der Waals surface area contributed by atoms with Gasteiger partial charge in [0.05, 0.1) is 0 Å². The Labute approximate surface area is 197 Å². The van der Waals surface area contributed by atoms with Crippen molar-refractivity contribution in [3.8, 4) is 11.1 Å². The normalized spacial score (nSPS) is 12.5. The summed E-state index contributed by atoms with van der Waals surface area (Å²) in [7, 11) is 2.00. The molecule has 1 amide bonds. The zero-order chi connectivity index (χ0) is 24.8. The summed E-state index contributed by atoms with van der Waals surface area (Å²) in [5.41, 5.74) is 2.97. The van der Waals surface area contributed by atoms with Gasteiger partial charge in [0.2, 0.25) is 0 Å². The van der Waals surface area contributed by atoms with E-state index in [1.807, 2.05) is 52.1 Å². The van der Waals surface area contributed by atoms with Crippen molar-refractivity contribution in [3.63, 3.8) is 0 Å². The topological polar surface area (TPSA) is 32.3 Å². The van der Waals surface area contributed by atoms with Crippen LogP contribution in [0.4, 0.5) is 8.78 Å². The number of nitrogens with zero attached hydrogens (tertiary/aromatic N) is 1. The maximum absolute atomic E-state index is 14.0. The summed E-state index contributed by atoms with van der Waals surface area (Å²) in [6.07, 6.45) is 8.20. The standard InChI is InChI=1S/C28H36F2N2O/c1-8-9-10-11-12-26(32(7)19(2)3)22-15-21(20-13-14-24(29)25(30)18-20)16-23(17-22)27(33)31-28(4,5)6/h10-19H,8-9H2,1-7H3,(H,31,33)/b11-10-,26-12-. The van der Waals surface area contributed by atoms with Gasteiger partial charge in [-0.2, -0.15) is 0 Å². The first-order chi connectivity index (χ1) is 15.4. The lowest BCUT2D eigenvalue weighted by Gasteiger charge is -2.28. The average molecular weight is 455 g/mol.